The average Bonchev–Trinajstić information content (AvgIpc) is 2.87. The zero-order valence-corrected chi connectivity index (χ0v) is 11.9. The minimum Gasteiger partial charge on any atom is -0.481 e. The maximum absolute atomic E-state index is 10.7. The molecule has 2 aromatic heterocycles. The number of rotatable bonds is 4. The highest BCUT2D eigenvalue weighted by molar-refractivity contribution is 5.87. The molecule has 0 aliphatic carbocycles. The van der Waals surface area contributed by atoms with Gasteiger partial charge in [0, 0.05) is 19.5 Å². The molecule has 1 fully saturated rings. The second kappa shape index (κ2) is 5.67. The van der Waals surface area contributed by atoms with Gasteiger partial charge in [0.2, 0.25) is 0 Å². The lowest BCUT2D eigenvalue weighted by Gasteiger charge is -2.33. The Balaban J connectivity index is 1.81. The average molecular weight is 290 g/mol. The van der Waals surface area contributed by atoms with Gasteiger partial charge in [-0.3, -0.25) is 4.79 Å². The number of aromatic nitrogens is 3. The molecule has 1 unspecified atom stereocenters. The smallest absolute Gasteiger partial charge is 0.303 e. The number of aryl methyl sites for hydroxylation is 1. The topological polar surface area (TPSA) is 92.4 Å². The van der Waals surface area contributed by atoms with Gasteiger partial charge in [0.1, 0.15) is 17.5 Å². The van der Waals surface area contributed by atoms with Crippen molar-refractivity contribution in [1.29, 1.82) is 0 Å². The molecule has 3 rings (SSSR count). The molecule has 3 heterocycles. The molecule has 7 heteroatoms. The highest BCUT2D eigenvalue weighted by Crippen LogP contribution is 2.30. The number of aliphatic carboxylic acids is 1. The van der Waals surface area contributed by atoms with E-state index in [2.05, 4.69) is 20.0 Å². The number of nitrogens with zero attached hydrogens (tertiary/aromatic N) is 4. The molecule has 1 N–H and O–H groups in total. The summed E-state index contributed by atoms with van der Waals surface area (Å²) in [5.41, 5.74) is 1.29. The minimum atomic E-state index is -0.730. The van der Waals surface area contributed by atoms with Gasteiger partial charge in [-0.1, -0.05) is 5.16 Å². The fourth-order valence-corrected chi connectivity index (χ4v) is 2.96. The molecule has 0 bridgehead atoms. The quantitative estimate of drug-likeness (QED) is 0.920. The first-order chi connectivity index (χ1) is 10.1. The molecule has 112 valence electrons. The van der Waals surface area contributed by atoms with Gasteiger partial charge in [-0.05, 0) is 32.1 Å². The summed E-state index contributed by atoms with van der Waals surface area (Å²) >= 11 is 0. The van der Waals surface area contributed by atoms with Gasteiger partial charge in [-0.2, -0.15) is 4.98 Å². The van der Waals surface area contributed by atoms with Crippen LogP contribution in [-0.2, 0) is 4.79 Å². The van der Waals surface area contributed by atoms with Crippen LogP contribution in [0.3, 0.4) is 0 Å². The van der Waals surface area contributed by atoms with Crippen molar-refractivity contribution in [2.24, 2.45) is 5.92 Å². The summed E-state index contributed by atoms with van der Waals surface area (Å²) in [6.07, 6.45) is 4.54. The van der Waals surface area contributed by atoms with E-state index in [9.17, 15) is 4.79 Å². The third-order valence-corrected chi connectivity index (χ3v) is 4.01. The van der Waals surface area contributed by atoms with E-state index in [0.29, 0.717) is 18.1 Å². The largest absolute Gasteiger partial charge is 0.481 e. The Bertz CT molecular complexity index is 655. The van der Waals surface area contributed by atoms with E-state index in [1.165, 1.54) is 6.33 Å². The molecule has 0 radical (unpaired) electrons. The predicted octanol–water partition coefficient (Wildman–Crippen LogP) is 2.01. The van der Waals surface area contributed by atoms with Crippen LogP contribution in [-0.4, -0.2) is 39.3 Å². The Morgan fingerprint density at radius 1 is 1.52 bits per heavy atom. The number of fused-ring (bicyclic) bond motifs is 1. The number of carboxylic acid groups (broad SMARTS) is 1. The lowest BCUT2D eigenvalue weighted by Crippen LogP contribution is -2.36. The molecule has 21 heavy (non-hydrogen) atoms. The molecule has 0 aromatic carbocycles. The maximum atomic E-state index is 10.7. The van der Waals surface area contributed by atoms with Crippen LogP contribution >= 0.6 is 0 Å². The van der Waals surface area contributed by atoms with Crippen molar-refractivity contribution in [3.63, 3.8) is 0 Å². The summed E-state index contributed by atoms with van der Waals surface area (Å²) in [6, 6.07) is 0. The first-order valence-corrected chi connectivity index (χ1v) is 7.19. The molecular formula is C14H18N4O3. The predicted molar refractivity (Wildman–Crippen MR) is 76.1 cm³/mol. The molecule has 0 saturated carbocycles. The monoisotopic (exact) mass is 290 g/mol. The number of piperidine rings is 1. The van der Waals surface area contributed by atoms with Gasteiger partial charge in [-0.15, -0.1) is 0 Å². The van der Waals surface area contributed by atoms with Gasteiger partial charge >= 0.3 is 5.97 Å². The van der Waals surface area contributed by atoms with Crippen LogP contribution in [0.5, 0.6) is 0 Å². The van der Waals surface area contributed by atoms with Crippen LogP contribution in [0.15, 0.2) is 10.9 Å². The summed E-state index contributed by atoms with van der Waals surface area (Å²) in [5.74, 6) is 0.505. The van der Waals surface area contributed by atoms with Crippen LogP contribution in [0.2, 0.25) is 0 Å². The zero-order valence-electron chi connectivity index (χ0n) is 11.9. The van der Waals surface area contributed by atoms with Gasteiger partial charge in [0.15, 0.2) is 0 Å². The van der Waals surface area contributed by atoms with E-state index in [-0.39, 0.29) is 6.42 Å². The van der Waals surface area contributed by atoms with Crippen molar-refractivity contribution in [2.75, 3.05) is 18.0 Å². The molecular weight excluding hydrogens is 272 g/mol. The third kappa shape index (κ3) is 2.81. The van der Waals surface area contributed by atoms with Crippen molar-refractivity contribution in [2.45, 2.75) is 32.6 Å². The normalized spacial score (nSPS) is 19.1. The molecule has 1 aliphatic heterocycles. The van der Waals surface area contributed by atoms with Gasteiger partial charge in [0.25, 0.3) is 5.71 Å². The highest BCUT2D eigenvalue weighted by Gasteiger charge is 2.24. The van der Waals surface area contributed by atoms with Gasteiger partial charge in [-0.25, -0.2) is 4.98 Å². The molecule has 1 aliphatic rings. The molecule has 1 atom stereocenters. The summed E-state index contributed by atoms with van der Waals surface area (Å²) in [5, 5.41) is 13.6. The summed E-state index contributed by atoms with van der Waals surface area (Å²) in [4.78, 5) is 21.4. The van der Waals surface area contributed by atoms with Crippen LogP contribution in [0.4, 0.5) is 5.82 Å². The second-order valence-electron chi connectivity index (χ2n) is 5.53. The third-order valence-electron chi connectivity index (χ3n) is 4.01. The fraction of sp³-hybridized carbons (Fsp3) is 0.571. The van der Waals surface area contributed by atoms with Crippen molar-refractivity contribution in [3.8, 4) is 0 Å². The first-order valence-electron chi connectivity index (χ1n) is 7.19. The Morgan fingerprint density at radius 3 is 3.19 bits per heavy atom. The SMILES string of the molecule is Cc1noc2ncnc(N3CCCC(CCC(=O)O)C3)c12. The Kier molecular flexibility index (Phi) is 3.72. The molecule has 0 spiro atoms. The molecule has 2 aromatic rings. The zero-order chi connectivity index (χ0) is 14.8. The van der Waals surface area contributed by atoms with Crippen molar-refractivity contribution in [3.05, 3.63) is 12.0 Å². The second-order valence-corrected chi connectivity index (χ2v) is 5.53. The number of hydrogen-bond acceptors (Lipinski definition) is 6. The van der Waals surface area contributed by atoms with Crippen LogP contribution in [0.1, 0.15) is 31.4 Å². The van der Waals surface area contributed by atoms with Crippen LogP contribution in [0.25, 0.3) is 11.1 Å². The lowest BCUT2D eigenvalue weighted by atomic mass is 9.93. The number of carbonyl (C=O) groups is 1. The highest BCUT2D eigenvalue weighted by atomic mass is 16.5. The number of carboxylic acids is 1. The Labute approximate surface area is 122 Å². The Morgan fingerprint density at radius 2 is 2.38 bits per heavy atom. The van der Waals surface area contributed by atoms with E-state index in [0.717, 1.165) is 42.8 Å². The minimum absolute atomic E-state index is 0.226. The van der Waals surface area contributed by atoms with Crippen molar-refractivity contribution in [1.82, 2.24) is 15.1 Å². The van der Waals surface area contributed by atoms with Crippen LogP contribution in [0, 0.1) is 12.8 Å². The lowest BCUT2D eigenvalue weighted by molar-refractivity contribution is -0.137. The van der Waals surface area contributed by atoms with E-state index >= 15 is 0 Å². The van der Waals surface area contributed by atoms with Crippen molar-refractivity contribution >= 4 is 22.9 Å². The molecule has 0 amide bonds. The van der Waals surface area contributed by atoms with E-state index in [1.54, 1.807) is 0 Å². The number of hydrogen-bond donors (Lipinski definition) is 1. The molecule has 7 nitrogen and oxygen atoms in total. The van der Waals surface area contributed by atoms with E-state index < -0.39 is 5.97 Å². The van der Waals surface area contributed by atoms with E-state index in [1.807, 2.05) is 6.92 Å². The standard InChI is InChI=1S/C14H18N4O3/c1-9-12-13(15-8-16-14(12)21-17-9)18-6-2-3-10(7-18)4-5-11(19)20/h8,10H,2-7H2,1H3,(H,19,20). The maximum Gasteiger partial charge on any atom is 0.303 e. The summed E-state index contributed by atoms with van der Waals surface area (Å²) in [7, 11) is 0. The van der Waals surface area contributed by atoms with Gasteiger partial charge in [0.05, 0.1) is 5.69 Å². The van der Waals surface area contributed by atoms with Crippen molar-refractivity contribution < 1.29 is 14.4 Å². The Hall–Kier alpha value is -2.18. The first kappa shape index (κ1) is 13.8. The summed E-state index contributed by atoms with van der Waals surface area (Å²) < 4.78 is 5.18. The fourth-order valence-electron chi connectivity index (χ4n) is 2.96. The summed E-state index contributed by atoms with van der Waals surface area (Å²) in [6.45, 7) is 3.62. The van der Waals surface area contributed by atoms with Crippen LogP contribution < -0.4 is 4.90 Å². The number of anilines is 1. The van der Waals surface area contributed by atoms with E-state index in [4.69, 9.17) is 9.63 Å². The molecule has 1 saturated heterocycles. The van der Waals surface area contributed by atoms with Gasteiger partial charge < -0.3 is 14.5 Å².